The van der Waals surface area contributed by atoms with Gasteiger partial charge in [0, 0.05) is 0 Å². The van der Waals surface area contributed by atoms with Gasteiger partial charge in [-0.25, -0.2) is 9.36 Å². The number of aromatic nitrogens is 2. The van der Waals surface area contributed by atoms with Crippen LogP contribution in [0.2, 0.25) is 0 Å². The van der Waals surface area contributed by atoms with Crippen molar-refractivity contribution in [3.8, 4) is 0 Å². The van der Waals surface area contributed by atoms with E-state index >= 15 is 0 Å². The Morgan fingerprint density at radius 2 is 2.25 bits per heavy atom. The van der Waals surface area contributed by atoms with Crippen molar-refractivity contribution >= 4 is 17.1 Å². The minimum absolute atomic E-state index is 0.358. The lowest BCUT2D eigenvalue weighted by molar-refractivity contribution is -0.645. The minimum Gasteiger partial charge on any atom is -0.448 e. The topological polar surface area (TPSA) is 47.1 Å². The third-order valence-corrected chi connectivity index (χ3v) is 2.30. The van der Waals surface area contributed by atoms with Crippen LogP contribution in [0.1, 0.15) is 6.92 Å². The Morgan fingerprint density at radius 3 is 3.00 bits per heavy atom. The highest BCUT2D eigenvalue weighted by Crippen LogP contribution is 2.08. The second kappa shape index (κ2) is 4.22. The highest BCUT2D eigenvalue weighted by molar-refractivity contribution is 5.79. The van der Waals surface area contributed by atoms with Crippen LogP contribution in [-0.2, 0) is 11.8 Å². The second-order valence-electron chi connectivity index (χ2n) is 3.42. The van der Waals surface area contributed by atoms with Crippen molar-refractivity contribution in [1.82, 2.24) is 4.68 Å². The number of aryl methyl sites for hydroxylation is 1. The Labute approximate surface area is 93.2 Å². The van der Waals surface area contributed by atoms with Crippen LogP contribution in [0.15, 0.2) is 30.6 Å². The number of nitrogens with zero attached hydrogens (tertiary/aromatic N) is 2. The summed E-state index contributed by atoms with van der Waals surface area (Å²) in [6, 6.07) is 7.79. The van der Waals surface area contributed by atoms with Gasteiger partial charge < -0.3 is 4.74 Å². The largest absolute Gasteiger partial charge is 0.448 e. The van der Waals surface area contributed by atoms with E-state index in [1.54, 1.807) is 17.9 Å². The molecule has 1 N–H and O–H groups in total. The number of fused-ring (bicyclic) bond motifs is 1. The molecule has 2 aromatic rings. The molecule has 16 heavy (non-hydrogen) atoms. The predicted molar refractivity (Wildman–Crippen MR) is 59.5 cm³/mol. The zero-order valence-corrected chi connectivity index (χ0v) is 9.30. The maximum absolute atomic E-state index is 11.3. The summed E-state index contributed by atoms with van der Waals surface area (Å²) >= 11 is 0. The number of ether oxygens (including phenoxy) is 1. The lowest BCUT2D eigenvalue weighted by atomic mass is 10.3. The highest BCUT2D eigenvalue weighted by atomic mass is 16.5. The normalized spacial score (nSPS) is 10.4. The van der Waals surface area contributed by atoms with Gasteiger partial charge in [0.1, 0.15) is 0 Å². The van der Waals surface area contributed by atoms with Gasteiger partial charge >= 0.3 is 6.09 Å². The van der Waals surface area contributed by atoms with Crippen molar-refractivity contribution in [2.45, 2.75) is 6.92 Å². The smallest absolute Gasteiger partial charge is 0.443 e. The van der Waals surface area contributed by atoms with E-state index in [0.717, 1.165) is 11.0 Å². The number of para-hydroxylation sites is 2. The number of amides is 1. The number of hydrogen-bond donors (Lipinski definition) is 1. The molecular weight excluding hydrogens is 206 g/mol. The maximum atomic E-state index is 11.3. The number of carbonyl (C=O) groups excluding carboxylic acids is 1. The van der Waals surface area contributed by atoms with Gasteiger partial charge in [0.15, 0.2) is 11.0 Å². The van der Waals surface area contributed by atoms with Crippen molar-refractivity contribution < 1.29 is 14.1 Å². The first-order valence-electron chi connectivity index (χ1n) is 5.12. The van der Waals surface area contributed by atoms with E-state index in [4.69, 9.17) is 4.74 Å². The Hall–Kier alpha value is -2.04. The zero-order chi connectivity index (χ0) is 11.5. The van der Waals surface area contributed by atoms with Crippen LogP contribution < -0.4 is 9.99 Å². The summed E-state index contributed by atoms with van der Waals surface area (Å²) in [5.74, 6) is 0. The average molecular weight is 220 g/mol. The average Bonchev–Trinajstić information content (AvgIpc) is 2.57. The van der Waals surface area contributed by atoms with Gasteiger partial charge in [-0.05, 0) is 19.1 Å². The lowest BCUT2D eigenvalue weighted by Crippen LogP contribution is -2.28. The van der Waals surface area contributed by atoms with Crippen LogP contribution in [0.4, 0.5) is 4.79 Å². The predicted octanol–water partition coefficient (Wildman–Crippen LogP) is 1.17. The molecule has 0 saturated heterocycles. The van der Waals surface area contributed by atoms with E-state index < -0.39 is 6.09 Å². The fourth-order valence-electron chi connectivity index (χ4n) is 1.61. The van der Waals surface area contributed by atoms with E-state index in [9.17, 15) is 4.79 Å². The first kappa shape index (κ1) is 10.5. The molecule has 0 bridgehead atoms. The molecule has 5 nitrogen and oxygen atoms in total. The Morgan fingerprint density at radius 1 is 1.50 bits per heavy atom. The molecule has 1 aromatic heterocycles. The molecule has 0 aliphatic heterocycles. The van der Waals surface area contributed by atoms with Gasteiger partial charge in [-0.3, -0.25) is 0 Å². The van der Waals surface area contributed by atoms with Crippen molar-refractivity contribution in [3.63, 3.8) is 0 Å². The molecule has 1 amide bonds. The van der Waals surface area contributed by atoms with Crippen LogP contribution in [0, 0.1) is 0 Å². The molecule has 0 aliphatic rings. The van der Waals surface area contributed by atoms with Crippen LogP contribution >= 0.6 is 0 Å². The third-order valence-electron chi connectivity index (χ3n) is 2.30. The van der Waals surface area contributed by atoms with Gasteiger partial charge in [0.2, 0.25) is 0 Å². The summed E-state index contributed by atoms with van der Waals surface area (Å²) in [6.07, 6.45) is 1.34. The first-order valence-corrected chi connectivity index (χ1v) is 5.12. The molecular formula is C11H14N3O2+. The molecule has 84 valence electrons. The fraction of sp³-hybridized carbons (Fsp3) is 0.273. The number of imidazole rings is 1. The van der Waals surface area contributed by atoms with Crippen molar-refractivity contribution in [3.05, 3.63) is 30.6 Å². The van der Waals surface area contributed by atoms with E-state index in [0.29, 0.717) is 6.61 Å². The number of hydrogen-bond acceptors (Lipinski definition) is 2. The quantitative estimate of drug-likeness (QED) is 0.772. The molecule has 0 atom stereocenters. The van der Waals surface area contributed by atoms with Gasteiger partial charge in [0.25, 0.3) is 6.33 Å². The molecule has 5 heteroatoms. The standard InChI is InChI=1S/C11H13N3O2/c1-3-16-11(15)12-14-8-13(2)9-6-4-5-7-10(9)14/h4-8H,3H2,1-2H3/p+1. The number of nitrogens with one attached hydrogen (secondary N) is 1. The summed E-state index contributed by atoms with van der Waals surface area (Å²) in [5.41, 5.74) is 4.61. The maximum Gasteiger partial charge on any atom is 0.443 e. The SMILES string of the molecule is CCOC(=O)Nn1c[n+](C)c2ccccc21. The van der Waals surface area contributed by atoms with Crippen molar-refractivity contribution in [1.29, 1.82) is 0 Å². The first-order chi connectivity index (χ1) is 7.72. The Balaban J connectivity index is 2.34. The Bertz CT molecular complexity index is 519. The summed E-state index contributed by atoms with van der Waals surface area (Å²) in [4.78, 5) is 11.3. The molecule has 1 aromatic carbocycles. The molecule has 0 radical (unpaired) electrons. The van der Waals surface area contributed by atoms with Gasteiger partial charge in [-0.1, -0.05) is 12.1 Å². The van der Waals surface area contributed by atoms with Gasteiger partial charge in [0.05, 0.1) is 13.7 Å². The van der Waals surface area contributed by atoms with Gasteiger partial charge in [-0.2, -0.15) is 5.43 Å². The Kier molecular flexibility index (Phi) is 2.76. The van der Waals surface area contributed by atoms with Crippen LogP contribution in [0.5, 0.6) is 0 Å². The monoisotopic (exact) mass is 220 g/mol. The van der Waals surface area contributed by atoms with E-state index in [1.165, 1.54) is 0 Å². The number of rotatable bonds is 2. The van der Waals surface area contributed by atoms with Crippen molar-refractivity contribution in [2.75, 3.05) is 12.0 Å². The van der Waals surface area contributed by atoms with E-state index in [1.807, 2.05) is 35.9 Å². The molecule has 0 saturated carbocycles. The number of carbonyl (C=O) groups is 1. The number of benzene rings is 1. The molecule has 1 heterocycles. The van der Waals surface area contributed by atoms with Gasteiger partial charge in [-0.15, -0.1) is 4.68 Å². The van der Waals surface area contributed by atoms with E-state index in [-0.39, 0.29) is 0 Å². The molecule has 0 unspecified atom stereocenters. The van der Waals surface area contributed by atoms with Crippen LogP contribution in [0.3, 0.4) is 0 Å². The summed E-state index contributed by atoms with van der Waals surface area (Å²) in [5, 5.41) is 0. The van der Waals surface area contributed by atoms with Crippen LogP contribution in [0.25, 0.3) is 11.0 Å². The zero-order valence-electron chi connectivity index (χ0n) is 9.30. The summed E-state index contributed by atoms with van der Waals surface area (Å²) in [7, 11) is 1.92. The minimum atomic E-state index is -0.455. The molecule has 0 fully saturated rings. The van der Waals surface area contributed by atoms with Crippen molar-refractivity contribution in [2.24, 2.45) is 7.05 Å². The highest BCUT2D eigenvalue weighted by Gasteiger charge is 2.14. The third kappa shape index (κ3) is 1.84. The molecule has 2 rings (SSSR count). The van der Waals surface area contributed by atoms with Crippen LogP contribution in [-0.4, -0.2) is 17.4 Å². The summed E-state index contributed by atoms with van der Waals surface area (Å²) < 4.78 is 8.40. The lowest BCUT2D eigenvalue weighted by Gasteiger charge is -2.00. The molecule has 0 aliphatic carbocycles. The second-order valence-corrected chi connectivity index (χ2v) is 3.42. The molecule has 0 spiro atoms. The van der Waals surface area contributed by atoms with E-state index in [2.05, 4.69) is 5.43 Å². The summed E-state index contributed by atoms with van der Waals surface area (Å²) in [6.45, 7) is 2.13. The fourth-order valence-corrected chi connectivity index (χ4v) is 1.61.